The van der Waals surface area contributed by atoms with Crippen molar-refractivity contribution in [3.8, 4) is 11.3 Å². The first-order chi connectivity index (χ1) is 14.6. The summed E-state index contributed by atoms with van der Waals surface area (Å²) in [6, 6.07) is 1.73. The normalized spacial score (nSPS) is 17.5. The molecule has 164 valence electrons. The molecular weight excluding hydrogens is 419 g/mol. The van der Waals surface area contributed by atoms with E-state index in [1.54, 1.807) is 25.3 Å². The van der Waals surface area contributed by atoms with Crippen molar-refractivity contribution in [2.75, 3.05) is 5.32 Å². The van der Waals surface area contributed by atoms with Crippen LogP contribution in [0.4, 0.5) is 33.6 Å². The lowest BCUT2D eigenvalue weighted by molar-refractivity contribution is -0.138. The highest BCUT2D eigenvalue weighted by Gasteiger charge is 2.36. The maximum Gasteiger partial charge on any atom is 0.408 e. The number of nitrogens with one attached hydrogen (secondary N) is 2. The molecule has 0 fully saturated rings. The maximum absolute atomic E-state index is 12.9. The highest BCUT2D eigenvalue weighted by Crippen LogP contribution is 2.34. The van der Waals surface area contributed by atoms with Crippen molar-refractivity contribution in [2.24, 2.45) is 10.9 Å². The van der Waals surface area contributed by atoms with Crippen molar-refractivity contribution in [1.29, 1.82) is 0 Å². The molecule has 0 spiro atoms. The molecule has 0 bridgehead atoms. The Morgan fingerprint density at radius 3 is 2.71 bits per heavy atom. The van der Waals surface area contributed by atoms with Gasteiger partial charge in [0.2, 0.25) is 12.4 Å². The lowest BCUT2D eigenvalue weighted by atomic mass is 9.91. The maximum atomic E-state index is 12.9. The quantitative estimate of drug-likeness (QED) is 0.530. The number of hydrogen-bond donors (Lipinski definition) is 2. The number of H-pyrrole nitrogens is 1. The Morgan fingerprint density at radius 1 is 1.23 bits per heavy atom. The fourth-order valence-corrected chi connectivity index (χ4v) is 3.49. The van der Waals surface area contributed by atoms with E-state index in [1.165, 1.54) is 6.20 Å². The Bertz CT molecular complexity index is 1140. The number of halogens is 5. The zero-order valence-corrected chi connectivity index (χ0v) is 16.6. The summed E-state index contributed by atoms with van der Waals surface area (Å²) in [7, 11) is 0. The number of pyridine rings is 1. The minimum atomic E-state index is -4.42. The smallest absolute Gasteiger partial charge is 0.345 e. The molecule has 0 aromatic carbocycles. The van der Waals surface area contributed by atoms with Crippen LogP contribution in [0.2, 0.25) is 0 Å². The number of anilines is 1. The average Bonchev–Trinajstić information content (AvgIpc) is 3.10. The molecule has 0 amide bonds. The highest BCUT2D eigenvalue weighted by molar-refractivity contribution is 5.93. The minimum absolute atomic E-state index is 0.149. The Morgan fingerprint density at radius 2 is 2.00 bits per heavy atom. The molecule has 31 heavy (non-hydrogen) atoms. The molecule has 3 aromatic heterocycles. The topological polar surface area (TPSA) is 78.9 Å². The van der Waals surface area contributed by atoms with Gasteiger partial charge in [-0.05, 0) is 26.0 Å². The number of aliphatic imine (C=N–C) groups is 1. The van der Waals surface area contributed by atoms with Crippen LogP contribution >= 0.6 is 0 Å². The Labute approximate surface area is 174 Å². The van der Waals surface area contributed by atoms with E-state index in [2.05, 4.69) is 30.2 Å². The molecule has 11 heteroatoms. The van der Waals surface area contributed by atoms with Gasteiger partial charge in [0, 0.05) is 47.8 Å². The molecule has 0 saturated heterocycles. The molecular formula is C20H19F5N6. The van der Waals surface area contributed by atoms with Gasteiger partial charge in [0.25, 0.3) is 0 Å². The van der Waals surface area contributed by atoms with Crippen molar-refractivity contribution in [3.63, 3.8) is 0 Å². The highest BCUT2D eigenvalue weighted by atomic mass is 19.4. The molecule has 1 aliphatic rings. The largest absolute Gasteiger partial charge is 0.408 e. The van der Waals surface area contributed by atoms with E-state index in [9.17, 15) is 22.0 Å². The van der Waals surface area contributed by atoms with Crippen LogP contribution in [0, 0.1) is 5.92 Å². The zero-order valence-electron chi connectivity index (χ0n) is 16.6. The first kappa shape index (κ1) is 21.1. The fraction of sp³-hybridized carbons (Fsp3) is 0.400. The van der Waals surface area contributed by atoms with Crippen LogP contribution in [0.1, 0.15) is 26.0 Å². The van der Waals surface area contributed by atoms with Gasteiger partial charge in [-0.3, -0.25) is 9.98 Å². The summed E-state index contributed by atoms with van der Waals surface area (Å²) in [5.41, 5.74) is 3.52. The van der Waals surface area contributed by atoms with Gasteiger partial charge in [-0.25, -0.2) is 13.8 Å². The third-order valence-corrected chi connectivity index (χ3v) is 5.28. The minimum Gasteiger partial charge on any atom is -0.345 e. The lowest BCUT2D eigenvalue weighted by Gasteiger charge is -2.22. The molecule has 2 atom stereocenters. The first-order valence-electron chi connectivity index (χ1n) is 9.63. The van der Waals surface area contributed by atoms with Gasteiger partial charge in [-0.15, -0.1) is 0 Å². The molecule has 0 aliphatic carbocycles. The first-order valence-corrected chi connectivity index (χ1v) is 9.63. The molecule has 2 N–H and O–H groups in total. The van der Waals surface area contributed by atoms with E-state index in [0.29, 0.717) is 45.8 Å². The predicted octanol–water partition coefficient (Wildman–Crippen LogP) is 5.30. The summed E-state index contributed by atoms with van der Waals surface area (Å²) in [5, 5.41) is 2.81. The molecule has 4 rings (SSSR count). The third-order valence-electron chi connectivity index (χ3n) is 5.28. The van der Waals surface area contributed by atoms with Crippen LogP contribution in [0.15, 0.2) is 29.5 Å². The summed E-state index contributed by atoms with van der Waals surface area (Å²) < 4.78 is 64.0. The van der Waals surface area contributed by atoms with Crippen molar-refractivity contribution in [2.45, 2.75) is 45.3 Å². The van der Waals surface area contributed by atoms with Gasteiger partial charge in [0.05, 0.1) is 17.1 Å². The Balaban J connectivity index is 1.63. The van der Waals surface area contributed by atoms with E-state index >= 15 is 0 Å². The second kappa shape index (κ2) is 7.86. The number of rotatable bonds is 5. The molecule has 0 unspecified atom stereocenters. The van der Waals surface area contributed by atoms with Crippen LogP contribution in [-0.4, -0.2) is 44.3 Å². The van der Waals surface area contributed by atoms with Crippen LogP contribution in [0.25, 0.3) is 22.3 Å². The lowest BCUT2D eigenvalue weighted by Crippen LogP contribution is -2.33. The van der Waals surface area contributed by atoms with E-state index in [1.807, 2.05) is 0 Å². The van der Waals surface area contributed by atoms with Crippen LogP contribution in [0.5, 0.6) is 0 Å². The van der Waals surface area contributed by atoms with Crippen LogP contribution in [0.3, 0.4) is 0 Å². The van der Waals surface area contributed by atoms with Crippen LogP contribution in [-0.2, 0) is 6.42 Å². The summed E-state index contributed by atoms with van der Waals surface area (Å²) in [5.74, 6) is -0.519. The SMILES string of the molecule is CC1=Nc2ccc(-c3c[nH]c4nc(N[C@H](C)C(F)(F)F)ncc34)nc2C[C@@H]1CC(F)F. The van der Waals surface area contributed by atoms with Gasteiger partial charge < -0.3 is 10.3 Å². The second-order valence-corrected chi connectivity index (χ2v) is 7.51. The third kappa shape index (κ3) is 4.35. The summed E-state index contributed by atoms with van der Waals surface area (Å²) in [6.45, 7) is 2.72. The van der Waals surface area contributed by atoms with E-state index in [0.717, 1.165) is 6.92 Å². The van der Waals surface area contributed by atoms with Gasteiger partial charge in [-0.1, -0.05) is 0 Å². The molecule has 3 aromatic rings. The Hall–Kier alpha value is -3.11. The summed E-state index contributed by atoms with van der Waals surface area (Å²) in [6.07, 6.45) is -3.69. The Kier molecular flexibility index (Phi) is 5.36. The zero-order chi connectivity index (χ0) is 22.3. The number of fused-ring (bicyclic) bond motifs is 2. The van der Waals surface area contributed by atoms with E-state index in [4.69, 9.17) is 0 Å². The van der Waals surface area contributed by atoms with Gasteiger partial charge >= 0.3 is 6.18 Å². The van der Waals surface area contributed by atoms with Crippen molar-refractivity contribution in [3.05, 3.63) is 30.2 Å². The number of aromatic amines is 1. The molecule has 0 saturated carbocycles. The van der Waals surface area contributed by atoms with Crippen LogP contribution < -0.4 is 5.32 Å². The van der Waals surface area contributed by atoms with Gasteiger partial charge in [0.1, 0.15) is 11.7 Å². The van der Waals surface area contributed by atoms with Crippen molar-refractivity contribution in [1.82, 2.24) is 19.9 Å². The molecule has 4 heterocycles. The average molecular weight is 438 g/mol. The fourth-order valence-electron chi connectivity index (χ4n) is 3.49. The monoisotopic (exact) mass is 438 g/mol. The standard InChI is InChI=1S/C20H19F5N6/c1-9-11(6-17(21)22)5-16-15(28-9)4-3-14(30-16)12-7-26-18-13(12)8-27-19(31-18)29-10(2)20(23,24)25/h3-4,7-8,10-11,17H,5-6H2,1-2H3,(H2,26,27,29,31)/t10-,11-/m1/s1. The number of hydrogen-bond acceptors (Lipinski definition) is 5. The van der Waals surface area contributed by atoms with E-state index < -0.39 is 18.6 Å². The molecule has 1 aliphatic heterocycles. The summed E-state index contributed by atoms with van der Waals surface area (Å²) >= 11 is 0. The van der Waals surface area contributed by atoms with Crippen molar-refractivity contribution >= 4 is 28.4 Å². The number of nitrogens with zero attached hydrogens (tertiary/aromatic N) is 4. The van der Waals surface area contributed by atoms with Gasteiger partial charge in [-0.2, -0.15) is 18.2 Å². The number of alkyl halides is 5. The predicted molar refractivity (Wildman–Crippen MR) is 107 cm³/mol. The van der Waals surface area contributed by atoms with Crippen molar-refractivity contribution < 1.29 is 22.0 Å². The van der Waals surface area contributed by atoms with Gasteiger partial charge in [0.15, 0.2) is 0 Å². The molecule has 6 nitrogen and oxygen atoms in total. The molecule has 0 radical (unpaired) electrons. The van der Waals surface area contributed by atoms with E-state index in [-0.39, 0.29) is 18.3 Å². The number of aromatic nitrogens is 4. The second-order valence-electron chi connectivity index (χ2n) is 7.51. The summed E-state index contributed by atoms with van der Waals surface area (Å²) in [4.78, 5) is 20.0.